The van der Waals surface area contributed by atoms with Gasteiger partial charge in [0, 0.05) is 20.2 Å². The number of hydrogen-bond donors (Lipinski definition) is 2. The Morgan fingerprint density at radius 2 is 2.26 bits per heavy atom. The van der Waals surface area contributed by atoms with Gasteiger partial charge in [-0.3, -0.25) is 4.90 Å². The molecule has 6 heteroatoms. The summed E-state index contributed by atoms with van der Waals surface area (Å²) in [6, 6.07) is 5.47. The van der Waals surface area contributed by atoms with E-state index in [0.29, 0.717) is 48.9 Å². The fourth-order valence-electron chi connectivity index (χ4n) is 1.91. The van der Waals surface area contributed by atoms with Crippen LogP contribution in [0.5, 0.6) is 0 Å². The van der Waals surface area contributed by atoms with Gasteiger partial charge in [-0.1, -0.05) is 6.07 Å². The summed E-state index contributed by atoms with van der Waals surface area (Å²) in [5, 5.41) is 9.04. The Balaban J connectivity index is 2.12. The molecule has 0 aliphatic heterocycles. The van der Waals surface area contributed by atoms with Crippen molar-refractivity contribution in [2.24, 2.45) is 0 Å². The Bertz CT molecular complexity index is 527. The number of para-hydroxylation sites is 1. The number of anilines is 1. The lowest BCUT2D eigenvalue weighted by atomic mass is 10.3. The van der Waals surface area contributed by atoms with Crippen LogP contribution in [0.25, 0.3) is 11.1 Å². The highest BCUT2D eigenvalue weighted by atomic mass is 16.5. The number of hydrogen-bond acceptors (Lipinski definition) is 6. The minimum Gasteiger partial charge on any atom is -0.439 e. The Morgan fingerprint density at radius 3 is 2.95 bits per heavy atom. The van der Waals surface area contributed by atoms with Crippen molar-refractivity contribution in [3.8, 4) is 0 Å². The molecule has 1 aromatic heterocycles. The normalized spacial score (nSPS) is 11.5. The lowest BCUT2D eigenvalue weighted by Gasteiger charge is -2.18. The molecule has 6 nitrogen and oxygen atoms in total. The first-order chi connectivity index (χ1) is 9.24. The molecule has 19 heavy (non-hydrogen) atoms. The SMILES string of the molecule is COCCN(CCO)Cc1nc2c(N)cccc2o1. The third kappa shape index (κ3) is 3.44. The number of rotatable bonds is 7. The molecule has 2 rings (SSSR count). The zero-order chi connectivity index (χ0) is 13.7. The summed E-state index contributed by atoms with van der Waals surface area (Å²) in [6.45, 7) is 2.48. The van der Waals surface area contributed by atoms with Crippen molar-refractivity contribution in [3.63, 3.8) is 0 Å². The number of ether oxygens (including phenoxy) is 1. The lowest BCUT2D eigenvalue weighted by Crippen LogP contribution is -2.29. The predicted octanol–water partition coefficient (Wildman–Crippen LogP) is 0.851. The molecule has 0 radical (unpaired) electrons. The van der Waals surface area contributed by atoms with Gasteiger partial charge in [-0.05, 0) is 12.1 Å². The molecule has 3 N–H and O–H groups in total. The fraction of sp³-hybridized carbons (Fsp3) is 0.462. The zero-order valence-corrected chi connectivity index (χ0v) is 11.0. The van der Waals surface area contributed by atoms with Crippen LogP contribution < -0.4 is 5.73 Å². The standard InChI is InChI=1S/C13H19N3O3/c1-18-8-6-16(5-7-17)9-12-15-13-10(14)3-2-4-11(13)19-12/h2-4,17H,5-9,14H2,1H3. The average molecular weight is 265 g/mol. The van der Waals surface area contributed by atoms with Gasteiger partial charge in [-0.15, -0.1) is 0 Å². The predicted molar refractivity (Wildman–Crippen MR) is 72.7 cm³/mol. The van der Waals surface area contributed by atoms with Gasteiger partial charge < -0.3 is 20.0 Å². The molecule has 0 amide bonds. The van der Waals surface area contributed by atoms with Crippen LogP contribution in [0.4, 0.5) is 5.69 Å². The molecule has 0 aliphatic rings. The molecule has 104 valence electrons. The summed E-state index contributed by atoms with van der Waals surface area (Å²) in [7, 11) is 1.65. The number of fused-ring (bicyclic) bond motifs is 1. The van der Waals surface area contributed by atoms with Crippen molar-refractivity contribution in [2.45, 2.75) is 6.54 Å². The summed E-state index contributed by atoms with van der Waals surface area (Å²) < 4.78 is 10.7. The number of aliphatic hydroxyl groups is 1. The molecule has 1 aromatic carbocycles. The maximum Gasteiger partial charge on any atom is 0.209 e. The highest BCUT2D eigenvalue weighted by molar-refractivity contribution is 5.85. The molecule has 0 aliphatic carbocycles. The molecule has 0 spiro atoms. The average Bonchev–Trinajstić information content (AvgIpc) is 2.80. The molecule has 0 atom stereocenters. The van der Waals surface area contributed by atoms with Crippen molar-refractivity contribution in [1.82, 2.24) is 9.88 Å². The van der Waals surface area contributed by atoms with Crippen molar-refractivity contribution in [3.05, 3.63) is 24.1 Å². The first-order valence-electron chi connectivity index (χ1n) is 6.20. The molecule has 0 fully saturated rings. The largest absolute Gasteiger partial charge is 0.439 e. The molecular weight excluding hydrogens is 246 g/mol. The Morgan fingerprint density at radius 1 is 1.42 bits per heavy atom. The van der Waals surface area contributed by atoms with Gasteiger partial charge in [0.25, 0.3) is 0 Å². The van der Waals surface area contributed by atoms with Gasteiger partial charge in [0.15, 0.2) is 5.58 Å². The molecule has 0 bridgehead atoms. The van der Waals surface area contributed by atoms with E-state index >= 15 is 0 Å². The molecule has 0 saturated carbocycles. The second-order valence-corrected chi connectivity index (χ2v) is 4.29. The summed E-state index contributed by atoms with van der Waals surface area (Å²) in [6.07, 6.45) is 0. The molecule has 0 saturated heterocycles. The van der Waals surface area contributed by atoms with E-state index < -0.39 is 0 Å². The van der Waals surface area contributed by atoms with Crippen molar-refractivity contribution < 1.29 is 14.3 Å². The van der Waals surface area contributed by atoms with E-state index in [9.17, 15) is 0 Å². The second-order valence-electron chi connectivity index (χ2n) is 4.29. The number of nitrogens with zero attached hydrogens (tertiary/aromatic N) is 2. The van der Waals surface area contributed by atoms with Crippen molar-refractivity contribution in [2.75, 3.05) is 39.1 Å². The van der Waals surface area contributed by atoms with E-state index in [2.05, 4.69) is 4.98 Å². The van der Waals surface area contributed by atoms with Gasteiger partial charge >= 0.3 is 0 Å². The summed E-state index contributed by atoms with van der Waals surface area (Å²) in [5.41, 5.74) is 7.83. The number of benzene rings is 1. The Hall–Kier alpha value is -1.63. The van der Waals surface area contributed by atoms with E-state index in [1.165, 1.54) is 0 Å². The van der Waals surface area contributed by atoms with E-state index in [1.54, 1.807) is 13.2 Å². The molecular formula is C13H19N3O3. The van der Waals surface area contributed by atoms with Crippen LogP contribution in [0.3, 0.4) is 0 Å². The summed E-state index contributed by atoms with van der Waals surface area (Å²) in [4.78, 5) is 6.40. The van der Waals surface area contributed by atoms with Crippen LogP contribution in [0.2, 0.25) is 0 Å². The number of methoxy groups -OCH3 is 1. The maximum absolute atomic E-state index is 9.04. The van der Waals surface area contributed by atoms with E-state index in [-0.39, 0.29) is 6.61 Å². The van der Waals surface area contributed by atoms with Crippen LogP contribution in [0, 0.1) is 0 Å². The van der Waals surface area contributed by atoms with Gasteiger partial charge in [-0.2, -0.15) is 0 Å². The summed E-state index contributed by atoms with van der Waals surface area (Å²) in [5.74, 6) is 0.595. The van der Waals surface area contributed by atoms with Crippen LogP contribution in [-0.4, -0.2) is 48.4 Å². The zero-order valence-electron chi connectivity index (χ0n) is 11.0. The molecule has 0 unspecified atom stereocenters. The highest BCUT2D eigenvalue weighted by Gasteiger charge is 2.12. The summed E-state index contributed by atoms with van der Waals surface area (Å²) >= 11 is 0. The monoisotopic (exact) mass is 265 g/mol. The second kappa shape index (κ2) is 6.51. The van der Waals surface area contributed by atoms with Crippen LogP contribution in [-0.2, 0) is 11.3 Å². The number of nitrogen functional groups attached to an aromatic ring is 1. The smallest absolute Gasteiger partial charge is 0.209 e. The van der Waals surface area contributed by atoms with Crippen LogP contribution >= 0.6 is 0 Å². The van der Waals surface area contributed by atoms with E-state index in [1.807, 2.05) is 17.0 Å². The lowest BCUT2D eigenvalue weighted by molar-refractivity contribution is 0.121. The third-order valence-electron chi connectivity index (χ3n) is 2.88. The van der Waals surface area contributed by atoms with E-state index in [0.717, 1.165) is 0 Å². The van der Waals surface area contributed by atoms with Gasteiger partial charge in [0.05, 0.1) is 25.4 Å². The topological polar surface area (TPSA) is 84.8 Å². The molecule has 1 heterocycles. The number of oxazole rings is 1. The van der Waals surface area contributed by atoms with Crippen molar-refractivity contribution in [1.29, 1.82) is 0 Å². The number of nitrogens with two attached hydrogens (primary N) is 1. The number of aliphatic hydroxyl groups excluding tert-OH is 1. The van der Waals surface area contributed by atoms with Crippen LogP contribution in [0.15, 0.2) is 22.6 Å². The van der Waals surface area contributed by atoms with Crippen molar-refractivity contribution >= 4 is 16.8 Å². The van der Waals surface area contributed by atoms with Crippen LogP contribution in [0.1, 0.15) is 5.89 Å². The van der Waals surface area contributed by atoms with Gasteiger partial charge in [0.1, 0.15) is 5.52 Å². The number of aromatic nitrogens is 1. The maximum atomic E-state index is 9.04. The van der Waals surface area contributed by atoms with Gasteiger partial charge in [-0.25, -0.2) is 4.98 Å². The minimum atomic E-state index is 0.0894. The quantitative estimate of drug-likeness (QED) is 0.722. The first kappa shape index (κ1) is 13.8. The Labute approximate surface area is 111 Å². The first-order valence-corrected chi connectivity index (χ1v) is 6.20. The molecule has 2 aromatic rings. The highest BCUT2D eigenvalue weighted by Crippen LogP contribution is 2.21. The third-order valence-corrected chi connectivity index (χ3v) is 2.88. The van der Waals surface area contributed by atoms with E-state index in [4.69, 9.17) is 20.0 Å². The fourth-order valence-corrected chi connectivity index (χ4v) is 1.91. The Kier molecular flexibility index (Phi) is 4.73. The van der Waals surface area contributed by atoms with Gasteiger partial charge in [0.2, 0.25) is 5.89 Å². The minimum absolute atomic E-state index is 0.0894.